The number of likely N-dealkylation sites (N-methyl/N-ethyl adjacent to an activating group) is 2. The predicted molar refractivity (Wildman–Crippen MR) is 177 cm³/mol. The van der Waals surface area contributed by atoms with Crippen LogP contribution in [0.2, 0.25) is 0 Å². The Morgan fingerprint density at radius 1 is 1.02 bits per heavy atom. The fourth-order valence-corrected chi connectivity index (χ4v) is 6.54. The number of hydroxylamine groups is 1. The van der Waals surface area contributed by atoms with E-state index in [2.05, 4.69) is 20.6 Å². The molecule has 0 radical (unpaired) electrons. The molecular weight excluding hydrogens is 669 g/mol. The number of hydrogen-bond donors (Lipinski definition) is 2. The number of carbonyl (C=O) groups excluding carboxylic acids is 1. The molecule has 3 heterocycles. The first-order chi connectivity index (χ1) is 23.0. The maximum atomic E-state index is 14.9. The number of aromatic nitrogens is 3. The van der Waals surface area contributed by atoms with Crippen LogP contribution in [0.4, 0.5) is 19.3 Å². The molecular formula is C31H30F2N7O6S2-. The van der Waals surface area contributed by atoms with Crippen molar-refractivity contribution in [3.63, 3.8) is 0 Å². The number of carbonyl (C=O) groups is 1. The van der Waals surface area contributed by atoms with Crippen LogP contribution in [0.1, 0.15) is 11.1 Å². The molecule has 2 aromatic carbocycles. The number of benzene rings is 2. The van der Waals surface area contributed by atoms with E-state index >= 15 is 0 Å². The molecule has 0 aliphatic rings. The van der Waals surface area contributed by atoms with Crippen LogP contribution >= 0.6 is 11.3 Å². The zero-order chi connectivity index (χ0) is 34.5. The lowest BCUT2D eigenvalue weighted by molar-refractivity contribution is 0.114. The highest BCUT2D eigenvalue weighted by Gasteiger charge is 2.26. The number of pyridine rings is 1. The molecule has 0 bridgehead atoms. The predicted octanol–water partition coefficient (Wildman–Crippen LogP) is 3.44. The summed E-state index contributed by atoms with van der Waals surface area (Å²) in [6.45, 7) is 0.0546. The molecule has 5 aromatic rings. The van der Waals surface area contributed by atoms with Gasteiger partial charge in [-0.05, 0) is 61.6 Å². The normalized spacial score (nSPS) is 12.2. The van der Waals surface area contributed by atoms with Gasteiger partial charge in [0.05, 0.1) is 19.0 Å². The molecule has 1 unspecified atom stereocenters. The number of thiophene rings is 1. The fraction of sp³-hybridized carbons (Fsp3) is 0.226. The SMILES string of the molecule is CONC(=O)Nc1ccc(-c2sc3c(c2CN(C)CCN(C)S(=O)[O-])c(=O)n(-c2ccccn2)c(=O)n3Cc2c(F)cccc2F)cc1. The van der Waals surface area contributed by atoms with Gasteiger partial charge >= 0.3 is 11.7 Å². The molecule has 0 saturated heterocycles. The minimum absolute atomic E-state index is 0.0218. The lowest BCUT2D eigenvalue weighted by Crippen LogP contribution is -2.39. The first-order valence-electron chi connectivity index (χ1n) is 14.3. The van der Waals surface area contributed by atoms with Gasteiger partial charge in [0.15, 0.2) is 0 Å². The minimum atomic E-state index is -2.43. The summed E-state index contributed by atoms with van der Waals surface area (Å²) >= 11 is -1.34. The number of fused-ring (bicyclic) bond motifs is 1. The van der Waals surface area contributed by atoms with Crippen molar-refractivity contribution >= 4 is 44.5 Å². The van der Waals surface area contributed by atoms with Crippen molar-refractivity contribution in [2.45, 2.75) is 13.1 Å². The largest absolute Gasteiger partial charge is 0.760 e. The molecule has 48 heavy (non-hydrogen) atoms. The Morgan fingerprint density at radius 2 is 1.73 bits per heavy atom. The highest BCUT2D eigenvalue weighted by atomic mass is 32.2. The second-order valence-corrected chi connectivity index (χ2v) is 12.7. The summed E-state index contributed by atoms with van der Waals surface area (Å²) in [5, 5.41) is 2.74. The Kier molecular flexibility index (Phi) is 10.9. The van der Waals surface area contributed by atoms with Gasteiger partial charge in [-0.2, -0.15) is 0 Å². The Balaban J connectivity index is 1.75. The summed E-state index contributed by atoms with van der Waals surface area (Å²) in [5.74, 6) is -1.70. The number of amides is 2. The van der Waals surface area contributed by atoms with E-state index in [1.807, 2.05) is 4.90 Å². The van der Waals surface area contributed by atoms with Crippen molar-refractivity contribution in [2.24, 2.45) is 0 Å². The van der Waals surface area contributed by atoms with Gasteiger partial charge in [-0.15, -0.1) is 11.3 Å². The lowest BCUT2D eigenvalue weighted by Gasteiger charge is -2.23. The molecule has 2 N–H and O–H groups in total. The Bertz CT molecular complexity index is 2070. The number of urea groups is 1. The van der Waals surface area contributed by atoms with Gasteiger partial charge in [-0.3, -0.25) is 18.4 Å². The van der Waals surface area contributed by atoms with Crippen LogP contribution in [-0.4, -0.2) is 72.4 Å². The third-order valence-electron chi connectivity index (χ3n) is 7.41. The maximum absolute atomic E-state index is 14.9. The van der Waals surface area contributed by atoms with E-state index in [1.54, 1.807) is 43.4 Å². The smallest absolute Gasteiger partial charge is 0.343 e. The Morgan fingerprint density at radius 3 is 2.35 bits per heavy atom. The van der Waals surface area contributed by atoms with Crippen molar-refractivity contribution in [2.75, 3.05) is 39.6 Å². The maximum Gasteiger partial charge on any atom is 0.343 e. The van der Waals surface area contributed by atoms with Crippen LogP contribution in [0, 0.1) is 11.6 Å². The molecule has 252 valence electrons. The standard InChI is InChI=1S/C31H31F2N7O6S2/c1-37(15-16-38(2)48(44)45)17-22-26-28(41)40(25-9-4-5-14-34-25)31(43)39(18-21-23(32)7-6-8-24(21)33)29(26)47-27(22)19-10-12-20(13-11-19)35-30(42)36-46-3/h4-14H,15-18H2,1-3H3,(H,44,45)(H2,35,36,42)/p-1. The molecule has 0 saturated carbocycles. The molecule has 5 rings (SSSR count). The van der Waals surface area contributed by atoms with Crippen LogP contribution in [-0.2, 0) is 29.2 Å². The quantitative estimate of drug-likeness (QED) is 0.149. The van der Waals surface area contributed by atoms with E-state index < -0.39 is 46.7 Å². The highest BCUT2D eigenvalue weighted by Crippen LogP contribution is 2.38. The second-order valence-electron chi connectivity index (χ2n) is 10.6. The monoisotopic (exact) mass is 698 g/mol. The number of rotatable bonds is 12. The summed E-state index contributed by atoms with van der Waals surface area (Å²) in [4.78, 5) is 51.7. The van der Waals surface area contributed by atoms with E-state index in [1.165, 1.54) is 32.5 Å². The van der Waals surface area contributed by atoms with E-state index in [0.29, 0.717) is 21.7 Å². The number of nitrogens with one attached hydrogen (secondary N) is 2. The molecule has 1 atom stereocenters. The first-order valence-corrected chi connectivity index (χ1v) is 16.2. The highest BCUT2D eigenvalue weighted by molar-refractivity contribution is 7.76. The van der Waals surface area contributed by atoms with E-state index in [4.69, 9.17) is 0 Å². The average molecular weight is 699 g/mol. The molecule has 2 amide bonds. The Hall–Kier alpha value is -4.65. The van der Waals surface area contributed by atoms with Gasteiger partial charge in [0.2, 0.25) is 0 Å². The van der Waals surface area contributed by atoms with Crippen molar-refractivity contribution in [1.82, 2.24) is 28.8 Å². The van der Waals surface area contributed by atoms with Gasteiger partial charge in [-0.25, -0.2) is 37.7 Å². The minimum Gasteiger partial charge on any atom is -0.760 e. The number of halogens is 2. The van der Waals surface area contributed by atoms with Crippen molar-refractivity contribution < 1.29 is 27.2 Å². The molecule has 0 spiro atoms. The van der Waals surface area contributed by atoms with Gasteiger partial charge in [0.25, 0.3) is 5.56 Å². The van der Waals surface area contributed by atoms with Crippen LogP contribution in [0.3, 0.4) is 0 Å². The number of hydrogen-bond acceptors (Lipinski definition) is 9. The molecule has 17 heteroatoms. The van der Waals surface area contributed by atoms with Crippen molar-refractivity contribution in [1.29, 1.82) is 0 Å². The molecule has 3 aromatic heterocycles. The van der Waals surface area contributed by atoms with Crippen LogP contribution < -0.4 is 22.0 Å². The summed E-state index contributed by atoms with van der Waals surface area (Å²) in [6, 6.07) is 14.2. The summed E-state index contributed by atoms with van der Waals surface area (Å²) in [5.41, 5.74) is 1.82. The van der Waals surface area contributed by atoms with E-state index in [-0.39, 0.29) is 41.2 Å². The lowest BCUT2D eigenvalue weighted by atomic mass is 10.1. The first kappa shape index (κ1) is 34.7. The third kappa shape index (κ3) is 7.40. The third-order valence-corrected chi connectivity index (χ3v) is 9.40. The van der Waals surface area contributed by atoms with Crippen molar-refractivity contribution in [3.8, 4) is 16.3 Å². The summed E-state index contributed by atoms with van der Waals surface area (Å²) in [6.07, 6.45) is 1.42. The molecule has 0 fully saturated rings. The fourth-order valence-electron chi connectivity index (χ4n) is 5.01. The van der Waals surface area contributed by atoms with Crippen LogP contribution in [0.15, 0.2) is 76.4 Å². The van der Waals surface area contributed by atoms with Gasteiger partial charge in [0.1, 0.15) is 22.3 Å². The topological polar surface area (TPSA) is 154 Å². The number of nitrogens with zero attached hydrogens (tertiary/aromatic N) is 5. The van der Waals surface area contributed by atoms with E-state index in [0.717, 1.165) is 36.9 Å². The van der Waals surface area contributed by atoms with Crippen molar-refractivity contribution in [3.05, 3.63) is 110 Å². The number of anilines is 1. The zero-order valence-electron chi connectivity index (χ0n) is 25.9. The Labute approximate surface area is 279 Å². The summed E-state index contributed by atoms with van der Waals surface area (Å²) < 4.78 is 55.8. The zero-order valence-corrected chi connectivity index (χ0v) is 27.6. The van der Waals surface area contributed by atoms with E-state index in [9.17, 15) is 31.9 Å². The van der Waals surface area contributed by atoms with Crippen LogP contribution in [0.5, 0.6) is 0 Å². The average Bonchev–Trinajstić information content (AvgIpc) is 3.43. The molecule has 13 nitrogen and oxygen atoms in total. The van der Waals surface area contributed by atoms with Crippen LogP contribution in [0.25, 0.3) is 26.5 Å². The summed E-state index contributed by atoms with van der Waals surface area (Å²) in [7, 11) is 4.47. The van der Waals surface area contributed by atoms with Gasteiger partial charge < -0.3 is 14.8 Å². The molecule has 0 aliphatic carbocycles. The van der Waals surface area contributed by atoms with Gasteiger partial charge in [0, 0.05) is 53.2 Å². The molecule has 0 aliphatic heterocycles. The van der Waals surface area contributed by atoms with Gasteiger partial charge in [-0.1, -0.05) is 24.3 Å². The second kappa shape index (κ2) is 15.1.